The molecule has 0 bridgehead atoms. The summed E-state index contributed by atoms with van der Waals surface area (Å²) in [6.45, 7) is 4.25. The van der Waals surface area contributed by atoms with E-state index >= 15 is 0 Å². The van der Waals surface area contributed by atoms with E-state index in [1.165, 1.54) is 22.3 Å². The van der Waals surface area contributed by atoms with Crippen LogP contribution < -0.4 is 0 Å². The number of benzene rings is 2. The quantitative estimate of drug-likeness (QED) is 0.369. The topological polar surface area (TPSA) is 54.5 Å². The van der Waals surface area contributed by atoms with Crippen molar-refractivity contribution in [3.8, 4) is 22.5 Å². The number of hydrogen-bond acceptors (Lipinski definition) is 3. The molecule has 160 valence electrons. The minimum absolute atomic E-state index is 0.595. The smallest absolute Gasteiger partial charge is 0.114 e. The van der Waals surface area contributed by atoms with Gasteiger partial charge in [0.15, 0.2) is 0 Å². The highest BCUT2D eigenvalue weighted by Gasteiger charge is 2.48. The maximum absolute atomic E-state index is 5.26. The van der Waals surface area contributed by atoms with Crippen LogP contribution in [0.4, 0.5) is 0 Å². The number of fused-ring (bicyclic) bond motifs is 3. The van der Waals surface area contributed by atoms with Gasteiger partial charge in [0.1, 0.15) is 11.1 Å². The molecule has 6 rings (SSSR count). The van der Waals surface area contributed by atoms with E-state index in [4.69, 9.17) is 9.97 Å². The van der Waals surface area contributed by atoms with Crippen molar-refractivity contribution in [3.05, 3.63) is 125 Å². The molecule has 5 aromatic rings. The van der Waals surface area contributed by atoms with Crippen LogP contribution in [0, 0.1) is 6.92 Å². The summed E-state index contributed by atoms with van der Waals surface area (Å²) in [6, 6.07) is 29.7. The van der Waals surface area contributed by atoms with Crippen LogP contribution in [0.15, 0.2) is 91.1 Å². The van der Waals surface area contributed by atoms with Gasteiger partial charge in [-0.15, -0.1) is 0 Å². The van der Waals surface area contributed by atoms with Gasteiger partial charge in [0.05, 0.1) is 17.1 Å². The normalized spacial score (nSPS) is 13.5. The Morgan fingerprint density at radius 3 is 2.06 bits per heavy atom. The van der Waals surface area contributed by atoms with Crippen molar-refractivity contribution < 1.29 is 0 Å². The predicted molar refractivity (Wildman–Crippen MR) is 131 cm³/mol. The highest BCUT2D eigenvalue weighted by molar-refractivity contribution is 5.85. The highest BCUT2D eigenvalue weighted by atomic mass is 15.1. The molecule has 1 aliphatic rings. The second kappa shape index (κ2) is 7.52. The lowest BCUT2D eigenvalue weighted by Crippen LogP contribution is -2.31. The van der Waals surface area contributed by atoms with Crippen LogP contribution >= 0.6 is 0 Å². The van der Waals surface area contributed by atoms with Crippen LogP contribution in [0.2, 0.25) is 0 Å². The van der Waals surface area contributed by atoms with Gasteiger partial charge in [-0.05, 0) is 65.4 Å². The Labute approximate surface area is 193 Å². The maximum atomic E-state index is 5.26. The SMILES string of the molecule is CCc1[nH]nc(-c2cccc(C3(c4ccccn4)c4ccccc4-c4ccccc43)n2)c1C. The number of pyridine rings is 2. The van der Waals surface area contributed by atoms with Crippen molar-refractivity contribution in [3.63, 3.8) is 0 Å². The number of aryl methyl sites for hydroxylation is 1. The van der Waals surface area contributed by atoms with Crippen LogP contribution in [-0.2, 0) is 11.8 Å². The number of nitrogens with zero attached hydrogens (tertiary/aromatic N) is 3. The molecule has 0 fully saturated rings. The van der Waals surface area contributed by atoms with Gasteiger partial charge < -0.3 is 0 Å². The molecule has 4 nitrogen and oxygen atoms in total. The van der Waals surface area contributed by atoms with Crippen LogP contribution in [0.1, 0.15) is 40.7 Å². The summed E-state index contributed by atoms with van der Waals surface area (Å²) in [4.78, 5) is 10.1. The van der Waals surface area contributed by atoms with Gasteiger partial charge in [0, 0.05) is 11.9 Å². The van der Waals surface area contributed by atoms with Crippen molar-refractivity contribution in [2.24, 2.45) is 0 Å². The summed E-state index contributed by atoms with van der Waals surface area (Å²) in [5.74, 6) is 0. The summed E-state index contributed by atoms with van der Waals surface area (Å²) < 4.78 is 0. The molecule has 0 spiro atoms. The van der Waals surface area contributed by atoms with E-state index in [1.54, 1.807) is 0 Å². The van der Waals surface area contributed by atoms with E-state index in [2.05, 4.69) is 96.8 Å². The molecule has 33 heavy (non-hydrogen) atoms. The molecule has 2 aromatic carbocycles. The van der Waals surface area contributed by atoms with Crippen LogP contribution in [0.25, 0.3) is 22.5 Å². The van der Waals surface area contributed by atoms with Crippen molar-refractivity contribution in [2.45, 2.75) is 25.7 Å². The third kappa shape index (κ3) is 2.74. The molecule has 1 aliphatic carbocycles. The first-order valence-corrected chi connectivity index (χ1v) is 11.4. The lowest BCUT2D eigenvalue weighted by Gasteiger charge is -2.31. The molecule has 0 saturated carbocycles. The third-order valence-electron chi connectivity index (χ3n) is 6.84. The van der Waals surface area contributed by atoms with Crippen molar-refractivity contribution in [1.82, 2.24) is 20.2 Å². The zero-order valence-electron chi connectivity index (χ0n) is 18.7. The van der Waals surface area contributed by atoms with E-state index in [-0.39, 0.29) is 0 Å². The molecule has 0 unspecified atom stereocenters. The molecule has 0 atom stereocenters. The zero-order valence-corrected chi connectivity index (χ0v) is 18.7. The average molecular weight is 429 g/mol. The first kappa shape index (κ1) is 19.6. The number of aromatic amines is 1. The first-order chi connectivity index (χ1) is 16.2. The number of nitrogens with one attached hydrogen (secondary N) is 1. The van der Waals surface area contributed by atoms with E-state index in [1.807, 2.05) is 18.3 Å². The monoisotopic (exact) mass is 428 g/mol. The fourth-order valence-electron chi connectivity index (χ4n) is 5.31. The summed E-state index contributed by atoms with van der Waals surface area (Å²) >= 11 is 0. The van der Waals surface area contributed by atoms with Crippen molar-refractivity contribution >= 4 is 0 Å². The minimum atomic E-state index is -0.595. The van der Waals surface area contributed by atoms with Crippen molar-refractivity contribution in [1.29, 1.82) is 0 Å². The summed E-state index contributed by atoms with van der Waals surface area (Å²) in [6.07, 6.45) is 2.78. The largest absolute Gasteiger partial charge is 0.282 e. The van der Waals surface area contributed by atoms with Gasteiger partial charge in [0.25, 0.3) is 0 Å². The summed E-state index contributed by atoms with van der Waals surface area (Å²) in [5, 5.41) is 7.79. The Hall–Kier alpha value is -4.05. The molecular weight excluding hydrogens is 404 g/mol. The Bertz CT molecular complexity index is 1420. The van der Waals surface area contributed by atoms with Crippen LogP contribution in [-0.4, -0.2) is 20.2 Å². The molecule has 0 aliphatic heterocycles. The van der Waals surface area contributed by atoms with Gasteiger partial charge in [-0.2, -0.15) is 5.10 Å². The molecule has 0 saturated heterocycles. The van der Waals surface area contributed by atoms with Gasteiger partial charge >= 0.3 is 0 Å². The number of H-pyrrole nitrogens is 1. The van der Waals surface area contributed by atoms with Crippen molar-refractivity contribution in [2.75, 3.05) is 0 Å². The zero-order chi connectivity index (χ0) is 22.4. The standard InChI is InChI=1S/C29H24N4/c1-3-24-19(2)28(33-32-24)25-15-10-17-27(31-25)29(26-16-8-9-18-30-26)22-13-6-4-11-20(22)21-12-5-7-14-23(21)29/h4-18H,3H2,1-2H3,(H,32,33). The number of rotatable bonds is 4. The lowest BCUT2D eigenvalue weighted by atomic mass is 9.72. The molecule has 4 heteroatoms. The molecule has 0 radical (unpaired) electrons. The lowest BCUT2D eigenvalue weighted by molar-refractivity contribution is 0.706. The third-order valence-corrected chi connectivity index (χ3v) is 6.84. The van der Waals surface area contributed by atoms with Crippen LogP contribution in [0.3, 0.4) is 0 Å². The predicted octanol–water partition coefficient (Wildman–Crippen LogP) is 6.10. The second-order valence-electron chi connectivity index (χ2n) is 8.49. The van der Waals surface area contributed by atoms with E-state index in [0.29, 0.717) is 0 Å². The Morgan fingerprint density at radius 1 is 0.758 bits per heavy atom. The van der Waals surface area contributed by atoms with E-state index in [9.17, 15) is 0 Å². The Kier molecular flexibility index (Phi) is 4.47. The average Bonchev–Trinajstić information content (AvgIpc) is 3.40. The molecule has 3 aromatic heterocycles. The molecule has 1 N–H and O–H groups in total. The molecule has 3 heterocycles. The fourth-order valence-corrected chi connectivity index (χ4v) is 5.31. The number of aromatic nitrogens is 4. The van der Waals surface area contributed by atoms with E-state index < -0.39 is 5.41 Å². The number of hydrogen-bond donors (Lipinski definition) is 1. The fraction of sp³-hybridized carbons (Fsp3) is 0.138. The second-order valence-corrected chi connectivity index (χ2v) is 8.49. The Balaban J connectivity index is 1.69. The summed E-state index contributed by atoms with van der Waals surface area (Å²) in [5.41, 5.74) is 10.3. The first-order valence-electron chi connectivity index (χ1n) is 11.4. The minimum Gasteiger partial charge on any atom is -0.282 e. The van der Waals surface area contributed by atoms with Gasteiger partial charge in [-0.25, -0.2) is 4.98 Å². The summed E-state index contributed by atoms with van der Waals surface area (Å²) in [7, 11) is 0. The molecular formula is C29H24N4. The Morgan fingerprint density at radius 2 is 1.42 bits per heavy atom. The molecule has 0 amide bonds. The van der Waals surface area contributed by atoms with Gasteiger partial charge in [0.2, 0.25) is 0 Å². The maximum Gasteiger partial charge on any atom is 0.114 e. The highest BCUT2D eigenvalue weighted by Crippen LogP contribution is 2.55. The van der Waals surface area contributed by atoms with Gasteiger partial charge in [-0.1, -0.05) is 67.6 Å². The van der Waals surface area contributed by atoms with Crippen LogP contribution in [0.5, 0.6) is 0 Å². The van der Waals surface area contributed by atoms with Gasteiger partial charge in [-0.3, -0.25) is 10.1 Å². The van der Waals surface area contributed by atoms with E-state index in [0.717, 1.165) is 40.5 Å².